The van der Waals surface area contributed by atoms with E-state index in [9.17, 15) is 4.39 Å². The van der Waals surface area contributed by atoms with Gasteiger partial charge < -0.3 is 10.1 Å². The van der Waals surface area contributed by atoms with Crippen LogP contribution in [0.15, 0.2) is 30.3 Å². The predicted octanol–water partition coefficient (Wildman–Crippen LogP) is 3.80. The molecule has 1 aromatic heterocycles. The summed E-state index contributed by atoms with van der Waals surface area (Å²) in [5.41, 5.74) is 1.19. The number of nitrogens with zero attached hydrogens (tertiary/aromatic N) is 1. The maximum atomic E-state index is 13.4. The highest BCUT2D eigenvalue weighted by Crippen LogP contribution is 2.20. The number of hydrogen-bond acceptors (Lipinski definition) is 3. The Kier molecular flexibility index (Phi) is 4.22. The number of pyridine rings is 1. The Morgan fingerprint density at radius 3 is 2.79 bits per heavy atom. The van der Waals surface area contributed by atoms with E-state index in [4.69, 9.17) is 16.3 Å². The molecule has 0 unspecified atom stereocenters. The summed E-state index contributed by atoms with van der Waals surface area (Å²) in [7, 11) is 1.77. The van der Waals surface area contributed by atoms with Crippen LogP contribution < -0.4 is 10.1 Å². The van der Waals surface area contributed by atoms with Crippen LogP contribution >= 0.6 is 11.6 Å². The van der Waals surface area contributed by atoms with Gasteiger partial charge in [0.1, 0.15) is 24.0 Å². The van der Waals surface area contributed by atoms with Crippen LogP contribution in [0, 0.1) is 12.7 Å². The van der Waals surface area contributed by atoms with Gasteiger partial charge in [-0.05, 0) is 30.7 Å². The maximum absolute atomic E-state index is 13.4. The van der Waals surface area contributed by atoms with Crippen LogP contribution in [-0.4, -0.2) is 12.0 Å². The molecule has 1 heterocycles. The van der Waals surface area contributed by atoms with Gasteiger partial charge in [-0.3, -0.25) is 0 Å². The minimum atomic E-state index is -0.291. The number of benzene rings is 1. The van der Waals surface area contributed by atoms with Gasteiger partial charge in [-0.25, -0.2) is 9.37 Å². The van der Waals surface area contributed by atoms with E-state index < -0.39 is 0 Å². The molecule has 0 atom stereocenters. The average molecular weight is 281 g/mol. The average Bonchev–Trinajstić information content (AvgIpc) is 2.41. The molecule has 0 saturated heterocycles. The number of ether oxygens (including phenoxy) is 1. The molecule has 2 rings (SSSR count). The summed E-state index contributed by atoms with van der Waals surface area (Å²) in [5.74, 6) is 0.870. The van der Waals surface area contributed by atoms with Crippen molar-refractivity contribution in [2.45, 2.75) is 13.5 Å². The first-order valence-electron chi connectivity index (χ1n) is 5.82. The van der Waals surface area contributed by atoms with E-state index in [-0.39, 0.29) is 12.4 Å². The van der Waals surface area contributed by atoms with Crippen molar-refractivity contribution in [1.82, 2.24) is 4.98 Å². The second-order valence-corrected chi connectivity index (χ2v) is 4.48. The molecule has 0 saturated carbocycles. The van der Waals surface area contributed by atoms with E-state index >= 15 is 0 Å². The van der Waals surface area contributed by atoms with Crippen LogP contribution in [0.25, 0.3) is 0 Å². The van der Waals surface area contributed by atoms with Crippen molar-refractivity contribution < 1.29 is 9.13 Å². The number of rotatable bonds is 4. The summed E-state index contributed by atoms with van der Waals surface area (Å²) in [6.07, 6.45) is 0. The molecular formula is C14H14ClFN2O. The van der Waals surface area contributed by atoms with Gasteiger partial charge in [0.25, 0.3) is 0 Å². The highest BCUT2D eigenvalue weighted by atomic mass is 35.5. The van der Waals surface area contributed by atoms with Gasteiger partial charge in [-0.15, -0.1) is 0 Å². The van der Waals surface area contributed by atoms with Crippen molar-refractivity contribution in [2.75, 3.05) is 12.4 Å². The Hall–Kier alpha value is -1.81. The van der Waals surface area contributed by atoms with Gasteiger partial charge in [0.2, 0.25) is 0 Å². The van der Waals surface area contributed by atoms with Crippen LogP contribution in [0.4, 0.5) is 10.2 Å². The quantitative estimate of drug-likeness (QED) is 0.925. The molecule has 0 fully saturated rings. The fourth-order valence-electron chi connectivity index (χ4n) is 1.54. The van der Waals surface area contributed by atoms with Gasteiger partial charge in [-0.2, -0.15) is 0 Å². The fraction of sp³-hybridized carbons (Fsp3) is 0.214. The monoisotopic (exact) mass is 280 g/mol. The molecule has 0 aliphatic rings. The topological polar surface area (TPSA) is 34.1 Å². The summed E-state index contributed by atoms with van der Waals surface area (Å²) >= 11 is 6.03. The molecule has 1 aromatic carbocycles. The smallest absolute Gasteiger partial charge is 0.132 e. The molecule has 0 bridgehead atoms. The zero-order chi connectivity index (χ0) is 13.8. The number of aryl methyl sites for hydroxylation is 1. The Morgan fingerprint density at radius 2 is 2.11 bits per heavy atom. The molecule has 1 N–H and O–H groups in total. The molecule has 0 radical (unpaired) electrons. The summed E-state index contributed by atoms with van der Waals surface area (Å²) in [4.78, 5) is 4.28. The summed E-state index contributed by atoms with van der Waals surface area (Å²) in [6, 6.07) is 8.26. The first-order valence-corrected chi connectivity index (χ1v) is 6.20. The number of anilines is 1. The zero-order valence-electron chi connectivity index (χ0n) is 10.7. The summed E-state index contributed by atoms with van der Waals surface area (Å²) < 4.78 is 18.9. The Bertz CT molecular complexity index is 590. The van der Waals surface area contributed by atoms with Gasteiger partial charge >= 0.3 is 0 Å². The van der Waals surface area contributed by atoms with E-state index in [1.807, 2.05) is 0 Å². The van der Waals surface area contributed by atoms with Gasteiger partial charge in [0.05, 0.1) is 10.7 Å². The van der Waals surface area contributed by atoms with Crippen molar-refractivity contribution in [3.63, 3.8) is 0 Å². The lowest BCUT2D eigenvalue weighted by Gasteiger charge is -2.09. The lowest BCUT2D eigenvalue weighted by molar-refractivity contribution is 0.300. The van der Waals surface area contributed by atoms with Crippen molar-refractivity contribution in [3.05, 3.63) is 52.4 Å². The van der Waals surface area contributed by atoms with Crippen LogP contribution in [0.3, 0.4) is 0 Å². The lowest BCUT2D eigenvalue weighted by Crippen LogP contribution is -2.02. The standard InChI is InChI=1S/C14H14ClFN2O/c1-9-3-4-10(7-12(9)16)19-8-13-11(15)5-6-14(17-2)18-13/h3-7H,8H2,1-2H3,(H,17,18). The Labute approximate surface area is 116 Å². The lowest BCUT2D eigenvalue weighted by atomic mass is 10.2. The Morgan fingerprint density at radius 1 is 1.32 bits per heavy atom. The third-order valence-electron chi connectivity index (χ3n) is 2.69. The number of halogens is 2. The van der Waals surface area contributed by atoms with Crippen LogP contribution in [0.5, 0.6) is 5.75 Å². The SMILES string of the molecule is CNc1ccc(Cl)c(COc2ccc(C)c(F)c2)n1. The van der Waals surface area contributed by atoms with Crippen molar-refractivity contribution in [2.24, 2.45) is 0 Å². The molecule has 100 valence electrons. The minimum absolute atomic E-state index is 0.191. The third-order valence-corrected chi connectivity index (χ3v) is 3.04. The van der Waals surface area contributed by atoms with E-state index in [0.29, 0.717) is 27.8 Å². The highest BCUT2D eigenvalue weighted by molar-refractivity contribution is 6.31. The van der Waals surface area contributed by atoms with E-state index in [2.05, 4.69) is 10.3 Å². The van der Waals surface area contributed by atoms with Crippen molar-refractivity contribution >= 4 is 17.4 Å². The van der Waals surface area contributed by atoms with Crippen LogP contribution in [0.1, 0.15) is 11.3 Å². The molecule has 2 aromatic rings. The third kappa shape index (κ3) is 3.35. The minimum Gasteiger partial charge on any atom is -0.487 e. The molecule has 0 amide bonds. The maximum Gasteiger partial charge on any atom is 0.132 e. The fourth-order valence-corrected chi connectivity index (χ4v) is 1.70. The molecule has 0 aliphatic heterocycles. The molecule has 3 nitrogen and oxygen atoms in total. The van der Waals surface area contributed by atoms with Gasteiger partial charge in [0, 0.05) is 13.1 Å². The molecule has 0 spiro atoms. The zero-order valence-corrected chi connectivity index (χ0v) is 11.5. The van der Waals surface area contributed by atoms with E-state index in [1.165, 1.54) is 6.07 Å². The molecule has 19 heavy (non-hydrogen) atoms. The number of nitrogens with one attached hydrogen (secondary N) is 1. The largest absolute Gasteiger partial charge is 0.487 e. The van der Waals surface area contributed by atoms with E-state index in [1.54, 1.807) is 38.2 Å². The molecular weight excluding hydrogens is 267 g/mol. The van der Waals surface area contributed by atoms with E-state index in [0.717, 1.165) is 0 Å². The summed E-state index contributed by atoms with van der Waals surface area (Å²) in [5, 5.41) is 3.44. The normalized spacial score (nSPS) is 10.3. The highest BCUT2D eigenvalue weighted by Gasteiger charge is 2.06. The summed E-state index contributed by atoms with van der Waals surface area (Å²) in [6.45, 7) is 1.89. The number of hydrogen-bond donors (Lipinski definition) is 1. The first-order chi connectivity index (χ1) is 9.10. The van der Waals surface area contributed by atoms with Crippen molar-refractivity contribution in [3.8, 4) is 5.75 Å². The van der Waals surface area contributed by atoms with Gasteiger partial charge in [-0.1, -0.05) is 17.7 Å². The molecule has 0 aliphatic carbocycles. The number of aromatic nitrogens is 1. The first kappa shape index (κ1) is 13.6. The predicted molar refractivity (Wildman–Crippen MR) is 74.3 cm³/mol. The second kappa shape index (κ2) is 5.89. The Balaban J connectivity index is 2.11. The molecule has 5 heteroatoms. The van der Waals surface area contributed by atoms with Crippen LogP contribution in [0.2, 0.25) is 5.02 Å². The van der Waals surface area contributed by atoms with Crippen molar-refractivity contribution in [1.29, 1.82) is 0 Å². The second-order valence-electron chi connectivity index (χ2n) is 4.07. The van der Waals surface area contributed by atoms with Gasteiger partial charge in [0.15, 0.2) is 0 Å². The van der Waals surface area contributed by atoms with Crippen LogP contribution in [-0.2, 0) is 6.61 Å².